The van der Waals surface area contributed by atoms with E-state index in [1.54, 1.807) is 0 Å². The second-order valence-electron chi connectivity index (χ2n) is 3.77. The lowest BCUT2D eigenvalue weighted by Gasteiger charge is -2.29. The van der Waals surface area contributed by atoms with Gasteiger partial charge in [0.25, 0.3) is 0 Å². The monoisotopic (exact) mass is 318 g/mol. The van der Waals surface area contributed by atoms with E-state index in [0.29, 0.717) is 0 Å². The van der Waals surface area contributed by atoms with E-state index in [9.17, 15) is 0 Å². The summed E-state index contributed by atoms with van der Waals surface area (Å²) in [6, 6.07) is 8.85. The Bertz CT molecular complexity index is 265. The van der Waals surface area contributed by atoms with Crippen molar-refractivity contribution in [3.8, 4) is 0 Å². The van der Waals surface area contributed by atoms with Gasteiger partial charge in [-0.05, 0) is 18.9 Å². The first kappa shape index (κ1) is 12.3. The van der Waals surface area contributed by atoms with Gasteiger partial charge in [-0.1, -0.05) is 68.6 Å². The number of rotatable bonds is 4. The number of benzene rings is 1. The van der Waals surface area contributed by atoms with Crippen LogP contribution in [0.4, 0.5) is 0 Å². The maximum Gasteiger partial charge on any atom is 0.0144 e. The van der Waals surface area contributed by atoms with E-state index in [1.165, 1.54) is 11.1 Å². The molecule has 0 spiro atoms. The zero-order valence-corrected chi connectivity index (χ0v) is 11.9. The SMILES string of the molecule is CCC(CBr)(CBr)c1ccc(C)cc1. The maximum absolute atomic E-state index is 3.62. The van der Waals surface area contributed by atoms with Crippen molar-refractivity contribution in [2.75, 3.05) is 10.7 Å². The van der Waals surface area contributed by atoms with E-state index in [0.717, 1.165) is 17.1 Å². The molecule has 1 rings (SSSR count). The molecule has 0 saturated heterocycles. The normalized spacial score (nSPS) is 11.7. The average molecular weight is 320 g/mol. The Balaban J connectivity index is 3.05. The van der Waals surface area contributed by atoms with Crippen LogP contribution in [0.2, 0.25) is 0 Å². The Kier molecular flexibility index (Phi) is 4.65. The number of aryl methyl sites for hydroxylation is 1. The van der Waals surface area contributed by atoms with Crippen LogP contribution in [0.3, 0.4) is 0 Å². The minimum absolute atomic E-state index is 0.244. The molecule has 0 aliphatic heterocycles. The zero-order chi connectivity index (χ0) is 10.6. The molecule has 2 heteroatoms. The molecule has 0 aromatic heterocycles. The first-order valence-electron chi connectivity index (χ1n) is 4.87. The molecule has 0 saturated carbocycles. The minimum Gasteiger partial charge on any atom is -0.0918 e. The number of halogens is 2. The molecule has 0 amide bonds. The summed E-state index contributed by atoms with van der Waals surface area (Å²) in [6.07, 6.45) is 1.15. The third kappa shape index (κ3) is 2.40. The van der Waals surface area contributed by atoms with E-state index in [4.69, 9.17) is 0 Å². The molecule has 0 nitrogen and oxygen atoms in total. The highest BCUT2D eigenvalue weighted by molar-refractivity contribution is 9.09. The van der Waals surface area contributed by atoms with Crippen LogP contribution in [0.1, 0.15) is 24.5 Å². The lowest BCUT2D eigenvalue weighted by Crippen LogP contribution is -2.29. The molecule has 0 atom stereocenters. The number of hydrogen-bond acceptors (Lipinski definition) is 0. The molecule has 78 valence electrons. The van der Waals surface area contributed by atoms with Gasteiger partial charge in [-0.25, -0.2) is 0 Å². The zero-order valence-electron chi connectivity index (χ0n) is 8.69. The molecule has 0 fully saturated rings. The lowest BCUT2D eigenvalue weighted by atomic mass is 9.82. The predicted molar refractivity (Wildman–Crippen MR) is 70.7 cm³/mol. The molecule has 0 unspecified atom stereocenters. The number of hydrogen-bond donors (Lipinski definition) is 0. The molecule has 14 heavy (non-hydrogen) atoms. The second kappa shape index (κ2) is 5.32. The van der Waals surface area contributed by atoms with Crippen molar-refractivity contribution in [3.63, 3.8) is 0 Å². The minimum atomic E-state index is 0.244. The molecule has 1 aromatic rings. The molecule has 0 heterocycles. The summed E-state index contributed by atoms with van der Waals surface area (Å²) >= 11 is 7.24. The van der Waals surface area contributed by atoms with Crippen LogP contribution in [0, 0.1) is 6.92 Å². The predicted octanol–water partition coefficient (Wildman–Crippen LogP) is 4.43. The van der Waals surface area contributed by atoms with Crippen molar-refractivity contribution < 1.29 is 0 Å². The average Bonchev–Trinajstić information content (AvgIpc) is 2.24. The molecule has 0 aliphatic carbocycles. The largest absolute Gasteiger partial charge is 0.0918 e. The molecule has 0 aliphatic rings. The van der Waals surface area contributed by atoms with Crippen molar-refractivity contribution in [2.24, 2.45) is 0 Å². The summed E-state index contributed by atoms with van der Waals surface area (Å²) in [7, 11) is 0. The van der Waals surface area contributed by atoms with Crippen LogP contribution in [0.5, 0.6) is 0 Å². The Hall–Kier alpha value is 0.180. The summed E-state index contributed by atoms with van der Waals surface area (Å²) in [5.74, 6) is 0. The maximum atomic E-state index is 3.62. The first-order valence-corrected chi connectivity index (χ1v) is 7.12. The third-order valence-corrected chi connectivity index (χ3v) is 5.00. The summed E-state index contributed by atoms with van der Waals surface area (Å²) < 4.78 is 0. The van der Waals surface area contributed by atoms with Gasteiger partial charge < -0.3 is 0 Å². The Labute approximate surface area is 103 Å². The Morgan fingerprint density at radius 3 is 1.93 bits per heavy atom. The van der Waals surface area contributed by atoms with E-state index >= 15 is 0 Å². The van der Waals surface area contributed by atoms with Gasteiger partial charge in [-0.2, -0.15) is 0 Å². The van der Waals surface area contributed by atoms with Gasteiger partial charge in [0.2, 0.25) is 0 Å². The fourth-order valence-corrected chi connectivity index (χ4v) is 3.86. The lowest BCUT2D eigenvalue weighted by molar-refractivity contribution is 0.534. The first-order chi connectivity index (χ1) is 6.68. The molecule has 1 aromatic carbocycles. The third-order valence-electron chi connectivity index (χ3n) is 2.85. The van der Waals surface area contributed by atoms with E-state index < -0.39 is 0 Å². The van der Waals surface area contributed by atoms with Gasteiger partial charge in [0.15, 0.2) is 0 Å². The standard InChI is InChI=1S/C12H16Br2/c1-3-12(8-13,9-14)11-6-4-10(2)5-7-11/h4-7H,3,8-9H2,1-2H3. The molecule has 0 bridgehead atoms. The molecule has 0 radical (unpaired) electrons. The van der Waals surface area contributed by atoms with Gasteiger partial charge in [0.05, 0.1) is 0 Å². The van der Waals surface area contributed by atoms with Crippen LogP contribution in [-0.4, -0.2) is 10.7 Å². The van der Waals surface area contributed by atoms with Crippen molar-refractivity contribution in [2.45, 2.75) is 25.7 Å². The molecular formula is C12H16Br2. The fourth-order valence-electron chi connectivity index (χ4n) is 1.49. The highest BCUT2D eigenvalue weighted by Crippen LogP contribution is 2.32. The topological polar surface area (TPSA) is 0 Å². The Morgan fingerprint density at radius 1 is 1.07 bits per heavy atom. The fraction of sp³-hybridized carbons (Fsp3) is 0.500. The van der Waals surface area contributed by atoms with Crippen molar-refractivity contribution >= 4 is 31.9 Å². The molecule has 0 N–H and O–H groups in total. The highest BCUT2D eigenvalue weighted by atomic mass is 79.9. The summed E-state index contributed by atoms with van der Waals surface area (Å²) in [5.41, 5.74) is 2.98. The van der Waals surface area contributed by atoms with Crippen molar-refractivity contribution in [1.82, 2.24) is 0 Å². The van der Waals surface area contributed by atoms with Gasteiger partial charge >= 0.3 is 0 Å². The van der Waals surface area contributed by atoms with Crippen LogP contribution >= 0.6 is 31.9 Å². The van der Waals surface area contributed by atoms with Crippen LogP contribution < -0.4 is 0 Å². The second-order valence-corrected chi connectivity index (χ2v) is 4.89. The smallest absolute Gasteiger partial charge is 0.0144 e. The highest BCUT2D eigenvalue weighted by Gasteiger charge is 2.27. The number of alkyl halides is 2. The van der Waals surface area contributed by atoms with Crippen LogP contribution in [0.25, 0.3) is 0 Å². The van der Waals surface area contributed by atoms with Gasteiger partial charge in [-0.3, -0.25) is 0 Å². The summed E-state index contributed by atoms with van der Waals surface area (Å²) in [4.78, 5) is 0. The van der Waals surface area contributed by atoms with Gasteiger partial charge in [0, 0.05) is 16.1 Å². The van der Waals surface area contributed by atoms with Crippen molar-refractivity contribution in [1.29, 1.82) is 0 Å². The van der Waals surface area contributed by atoms with Gasteiger partial charge in [-0.15, -0.1) is 0 Å². The quantitative estimate of drug-likeness (QED) is 0.720. The van der Waals surface area contributed by atoms with Crippen molar-refractivity contribution in [3.05, 3.63) is 35.4 Å². The summed E-state index contributed by atoms with van der Waals surface area (Å²) in [5, 5.41) is 2.01. The van der Waals surface area contributed by atoms with Crippen LogP contribution in [-0.2, 0) is 5.41 Å². The van der Waals surface area contributed by atoms with E-state index in [2.05, 4.69) is 70.0 Å². The van der Waals surface area contributed by atoms with E-state index in [1.807, 2.05) is 0 Å². The molecular weight excluding hydrogens is 304 g/mol. The van der Waals surface area contributed by atoms with Gasteiger partial charge in [0.1, 0.15) is 0 Å². The summed E-state index contributed by atoms with van der Waals surface area (Å²) in [6.45, 7) is 4.36. The van der Waals surface area contributed by atoms with Crippen LogP contribution in [0.15, 0.2) is 24.3 Å². The van der Waals surface area contributed by atoms with E-state index in [-0.39, 0.29) is 5.41 Å². The Morgan fingerprint density at radius 2 is 1.57 bits per heavy atom.